The van der Waals surface area contributed by atoms with Gasteiger partial charge < -0.3 is 20.5 Å². The normalized spacial score (nSPS) is 15.1. The highest BCUT2D eigenvalue weighted by Gasteiger charge is 2.11. The maximum absolute atomic E-state index is 11.0. The fourth-order valence-electron chi connectivity index (χ4n) is 0.772. The first-order chi connectivity index (χ1) is 6.11. The fourth-order valence-corrected chi connectivity index (χ4v) is 0.772. The van der Waals surface area contributed by atoms with E-state index in [9.17, 15) is 4.79 Å². The van der Waals surface area contributed by atoms with Crippen molar-refractivity contribution in [1.82, 2.24) is 5.32 Å². The van der Waals surface area contributed by atoms with E-state index in [0.717, 1.165) is 0 Å². The van der Waals surface area contributed by atoms with Crippen molar-refractivity contribution in [3.63, 3.8) is 0 Å². The fraction of sp³-hybridized carbons (Fsp3) is 0.875. The van der Waals surface area contributed by atoms with Gasteiger partial charge in [-0.25, -0.2) is 0 Å². The van der Waals surface area contributed by atoms with Crippen molar-refractivity contribution in [2.75, 3.05) is 27.4 Å². The summed E-state index contributed by atoms with van der Waals surface area (Å²) < 4.78 is 9.92. The Bertz CT molecular complexity index is 150. The summed E-state index contributed by atoms with van der Waals surface area (Å²) in [6.45, 7) is 2.51. The number of ether oxygens (including phenoxy) is 2. The van der Waals surface area contributed by atoms with Gasteiger partial charge in [-0.15, -0.1) is 0 Å². The number of rotatable bonds is 6. The Morgan fingerprint density at radius 2 is 2.15 bits per heavy atom. The Balaban J connectivity index is 3.65. The van der Waals surface area contributed by atoms with Crippen molar-refractivity contribution in [3.8, 4) is 0 Å². The van der Waals surface area contributed by atoms with Gasteiger partial charge in [0.15, 0.2) is 0 Å². The molecular formula is C8H18N2O3. The lowest BCUT2D eigenvalue weighted by Crippen LogP contribution is -2.43. The highest BCUT2D eigenvalue weighted by molar-refractivity contribution is 5.80. The van der Waals surface area contributed by atoms with Crippen molar-refractivity contribution in [2.45, 2.75) is 19.1 Å². The smallest absolute Gasteiger partial charge is 0.236 e. The van der Waals surface area contributed by atoms with Gasteiger partial charge >= 0.3 is 0 Å². The molecule has 0 saturated carbocycles. The number of methoxy groups -OCH3 is 2. The van der Waals surface area contributed by atoms with Crippen LogP contribution in [0.3, 0.4) is 0 Å². The third-order valence-corrected chi connectivity index (χ3v) is 1.60. The minimum atomic E-state index is -0.486. The summed E-state index contributed by atoms with van der Waals surface area (Å²) in [6, 6.07) is -0.486. The summed E-state index contributed by atoms with van der Waals surface area (Å²) in [5, 5.41) is 2.65. The van der Waals surface area contributed by atoms with Gasteiger partial charge in [0.1, 0.15) is 0 Å². The summed E-state index contributed by atoms with van der Waals surface area (Å²) in [6.07, 6.45) is -0.118. The molecule has 0 aromatic rings. The molecule has 0 aromatic heterocycles. The van der Waals surface area contributed by atoms with Crippen molar-refractivity contribution in [2.24, 2.45) is 5.73 Å². The molecule has 0 saturated heterocycles. The van der Waals surface area contributed by atoms with Gasteiger partial charge in [0.25, 0.3) is 0 Å². The number of nitrogens with one attached hydrogen (secondary N) is 1. The van der Waals surface area contributed by atoms with Gasteiger partial charge in [-0.3, -0.25) is 4.79 Å². The largest absolute Gasteiger partial charge is 0.382 e. The highest BCUT2D eigenvalue weighted by Crippen LogP contribution is 1.88. The van der Waals surface area contributed by atoms with E-state index in [4.69, 9.17) is 15.2 Å². The zero-order valence-electron chi connectivity index (χ0n) is 8.37. The molecule has 0 fully saturated rings. The molecule has 0 aliphatic carbocycles. The molecule has 0 radical (unpaired) electrons. The number of amides is 1. The summed E-state index contributed by atoms with van der Waals surface area (Å²) in [5.41, 5.74) is 5.35. The SMILES string of the molecule is COCC(CNC(=O)[C@H](C)N)OC. The monoisotopic (exact) mass is 190 g/mol. The van der Waals surface area contributed by atoms with E-state index in [0.29, 0.717) is 13.2 Å². The first kappa shape index (κ1) is 12.3. The average molecular weight is 190 g/mol. The molecule has 1 unspecified atom stereocenters. The molecule has 5 heteroatoms. The van der Waals surface area contributed by atoms with E-state index >= 15 is 0 Å². The third kappa shape index (κ3) is 5.57. The van der Waals surface area contributed by atoms with Gasteiger partial charge in [-0.05, 0) is 6.92 Å². The van der Waals surface area contributed by atoms with Crippen molar-refractivity contribution < 1.29 is 14.3 Å². The highest BCUT2D eigenvalue weighted by atomic mass is 16.5. The number of carbonyl (C=O) groups is 1. The summed E-state index contributed by atoms with van der Waals surface area (Å²) in [7, 11) is 3.15. The van der Waals surface area contributed by atoms with Crippen LogP contribution in [0.5, 0.6) is 0 Å². The van der Waals surface area contributed by atoms with Gasteiger partial charge in [0.2, 0.25) is 5.91 Å². The van der Waals surface area contributed by atoms with E-state index in [1.54, 1.807) is 21.1 Å². The number of nitrogens with two attached hydrogens (primary N) is 1. The number of hydrogen-bond acceptors (Lipinski definition) is 4. The van der Waals surface area contributed by atoms with Crippen molar-refractivity contribution >= 4 is 5.91 Å². The van der Waals surface area contributed by atoms with E-state index in [2.05, 4.69) is 5.32 Å². The van der Waals surface area contributed by atoms with Crippen molar-refractivity contribution in [3.05, 3.63) is 0 Å². The maximum Gasteiger partial charge on any atom is 0.236 e. The average Bonchev–Trinajstić information content (AvgIpc) is 2.11. The molecule has 0 spiro atoms. The number of hydrogen-bond donors (Lipinski definition) is 2. The van der Waals surface area contributed by atoms with Gasteiger partial charge in [-0.2, -0.15) is 0 Å². The molecule has 0 bridgehead atoms. The van der Waals surface area contributed by atoms with Gasteiger partial charge in [0.05, 0.1) is 18.8 Å². The molecule has 0 heterocycles. The lowest BCUT2D eigenvalue weighted by molar-refractivity contribution is -0.122. The van der Waals surface area contributed by atoms with Crippen LogP contribution in [0, 0.1) is 0 Å². The van der Waals surface area contributed by atoms with Crippen molar-refractivity contribution in [1.29, 1.82) is 0 Å². The molecule has 2 atom stereocenters. The minimum Gasteiger partial charge on any atom is -0.382 e. The molecule has 0 aliphatic rings. The van der Waals surface area contributed by atoms with Crippen LogP contribution in [0.25, 0.3) is 0 Å². The van der Waals surface area contributed by atoms with Crippen LogP contribution >= 0.6 is 0 Å². The standard InChI is InChI=1S/C8H18N2O3/c1-6(9)8(11)10-4-7(13-3)5-12-2/h6-7H,4-5,9H2,1-3H3,(H,10,11)/t6-,7?/m0/s1. The molecule has 3 N–H and O–H groups in total. The first-order valence-electron chi connectivity index (χ1n) is 4.16. The molecule has 0 aromatic carbocycles. The maximum atomic E-state index is 11.0. The van der Waals surface area contributed by atoms with Crippen LogP contribution in [0.4, 0.5) is 0 Å². The Morgan fingerprint density at radius 3 is 2.54 bits per heavy atom. The second-order valence-corrected chi connectivity index (χ2v) is 2.85. The van der Waals surface area contributed by atoms with Crippen LogP contribution in [-0.2, 0) is 14.3 Å². The van der Waals surface area contributed by atoms with E-state index in [1.807, 2.05) is 0 Å². The first-order valence-corrected chi connectivity index (χ1v) is 4.16. The predicted octanol–water partition coefficient (Wildman–Crippen LogP) is -0.889. The second kappa shape index (κ2) is 6.82. The molecular weight excluding hydrogens is 172 g/mol. The lowest BCUT2D eigenvalue weighted by Gasteiger charge is -2.15. The molecule has 1 amide bonds. The molecule has 78 valence electrons. The van der Waals surface area contributed by atoms with Crippen LogP contribution in [0.2, 0.25) is 0 Å². The summed E-state index contributed by atoms with van der Waals surface area (Å²) in [4.78, 5) is 11.0. The van der Waals surface area contributed by atoms with Crippen LogP contribution in [-0.4, -0.2) is 45.4 Å². The minimum absolute atomic E-state index is 0.118. The zero-order valence-corrected chi connectivity index (χ0v) is 8.37. The third-order valence-electron chi connectivity index (χ3n) is 1.60. The van der Waals surface area contributed by atoms with E-state index in [1.165, 1.54) is 0 Å². The molecule has 5 nitrogen and oxygen atoms in total. The number of carbonyl (C=O) groups excluding carboxylic acids is 1. The summed E-state index contributed by atoms with van der Waals surface area (Å²) in [5.74, 6) is -0.182. The second-order valence-electron chi connectivity index (χ2n) is 2.85. The molecule has 0 rings (SSSR count). The van der Waals surface area contributed by atoms with E-state index < -0.39 is 6.04 Å². The molecule has 0 aliphatic heterocycles. The predicted molar refractivity (Wildman–Crippen MR) is 49.3 cm³/mol. The van der Waals surface area contributed by atoms with Gasteiger partial charge in [0, 0.05) is 20.8 Å². The van der Waals surface area contributed by atoms with Crippen LogP contribution in [0.15, 0.2) is 0 Å². The Hall–Kier alpha value is -0.650. The van der Waals surface area contributed by atoms with Crippen LogP contribution < -0.4 is 11.1 Å². The summed E-state index contributed by atoms with van der Waals surface area (Å²) >= 11 is 0. The topological polar surface area (TPSA) is 73.6 Å². The molecule has 13 heavy (non-hydrogen) atoms. The van der Waals surface area contributed by atoms with E-state index in [-0.39, 0.29) is 12.0 Å². The van der Waals surface area contributed by atoms with Crippen LogP contribution in [0.1, 0.15) is 6.92 Å². The lowest BCUT2D eigenvalue weighted by atomic mass is 10.3. The van der Waals surface area contributed by atoms with Gasteiger partial charge in [-0.1, -0.05) is 0 Å². The zero-order chi connectivity index (χ0) is 10.3. The Kier molecular flexibility index (Phi) is 6.48. The Labute approximate surface area is 78.6 Å². The quantitative estimate of drug-likeness (QED) is 0.570. The Morgan fingerprint density at radius 1 is 1.54 bits per heavy atom.